The Labute approximate surface area is 124 Å². The fourth-order valence-corrected chi connectivity index (χ4v) is 3.21. The van der Waals surface area contributed by atoms with E-state index in [0.717, 1.165) is 31.6 Å². The monoisotopic (exact) mass is 289 g/mol. The van der Waals surface area contributed by atoms with Crippen LogP contribution in [0.25, 0.3) is 5.57 Å². The summed E-state index contributed by atoms with van der Waals surface area (Å²) >= 11 is 0. The van der Waals surface area contributed by atoms with E-state index in [1.165, 1.54) is 17.7 Å². The van der Waals surface area contributed by atoms with Crippen LogP contribution < -0.4 is 0 Å². The van der Waals surface area contributed by atoms with Crippen LogP contribution in [0, 0.1) is 11.7 Å². The molecule has 2 bridgehead atoms. The highest BCUT2D eigenvalue weighted by Crippen LogP contribution is 2.36. The van der Waals surface area contributed by atoms with Gasteiger partial charge in [0, 0.05) is 32.0 Å². The standard InChI is InChI=1S/C17H20FNO2/c1-2-17(20)21-16-8-10-19-9-7-14(15(16)11-19)12-3-5-13(18)6-4-12/h3-7,15-16H,2,8-11H2,1H3/t15-,16+/m0/s1. The number of piperidine rings is 1. The van der Waals surface area contributed by atoms with Gasteiger partial charge < -0.3 is 4.74 Å². The summed E-state index contributed by atoms with van der Waals surface area (Å²) in [6.45, 7) is 4.60. The molecule has 0 spiro atoms. The topological polar surface area (TPSA) is 29.5 Å². The number of hydrogen-bond donors (Lipinski definition) is 0. The Hall–Kier alpha value is -1.68. The summed E-state index contributed by atoms with van der Waals surface area (Å²) in [7, 11) is 0. The summed E-state index contributed by atoms with van der Waals surface area (Å²) in [5.41, 5.74) is 2.21. The molecule has 4 heteroatoms. The van der Waals surface area contributed by atoms with E-state index in [0.29, 0.717) is 6.42 Å². The first kappa shape index (κ1) is 14.3. The fraction of sp³-hybridized carbons (Fsp3) is 0.471. The molecule has 3 nitrogen and oxygen atoms in total. The van der Waals surface area contributed by atoms with Crippen LogP contribution in [0.3, 0.4) is 0 Å². The largest absolute Gasteiger partial charge is 0.462 e. The van der Waals surface area contributed by atoms with Gasteiger partial charge in [-0.1, -0.05) is 25.1 Å². The highest BCUT2D eigenvalue weighted by molar-refractivity contribution is 5.72. The van der Waals surface area contributed by atoms with Crippen LogP contribution in [0.15, 0.2) is 30.3 Å². The Morgan fingerprint density at radius 1 is 1.38 bits per heavy atom. The van der Waals surface area contributed by atoms with Crippen molar-refractivity contribution in [3.05, 3.63) is 41.7 Å². The Kier molecular flexibility index (Phi) is 4.06. The van der Waals surface area contributed by atoms with E-state index in [1.807, 2.05) is 19.1 Å². The lowest BCUT2D eigenvalue weighted by atomic mass is 9.81. The molecule has 0 amide bonds. The molecular weight excluding hydrogens is 269 g/mol. The van der Waals surface area contributed by atoms with E-state index in [-0.39, 0.29) is 23.8 Å². The lowest BCUT2D eigenvalue weighted by Gasteiger charge is -2.42. The highest BCUT2D eigenvalue weighted by atomic mass is 19.1. The third-order valence-electron chi connectivity index (χ3n) is 4.35. The summed E-state index contributed by atoms with van der Waals surface area (Å²) in [5.74, 6) is -0.180. The zero-order valence-corrected chi connectivity index (χ0v) is 12.2. The maximum Gasteiger partial charge on any atom is 0.305 e. The molecule has 3 rings (SSSR count). The molecule has 2 aliphatic rings. The van der Waals surface area contributed by atoms with Crippen molar-refractivity contribution in [2.45, 2.75) is 25.9 Å². The van der Waals surface area contributed by atoms with E-state index in [2.05, 4.69) is 11.0 Å². The van der Waals surface area contributed by atoms with Gasteiger partial charge in [-0.05, 0) is 29.7 Å². The Balaban J connectivity index is 1.85. The molecule has 0 radical (unpaired) electrons. The average molecular weight is 289 g/mol. The SMILES string of the molecule is CCC(=O)O[C@@H]1CCN2CC=C(c3ccc(F)cc3)[C@@H]1C2. The van der Waals surface area contributed by atoms with Crippen LogP contribution in [0.4, 0.5) is 4.39 Å². The number of hydrogen-bond acceptors (Lipinski definition) is 3. The van der Waals surface area contributed by atoms with E-state index >= 15 is 0 Å². The minimum absolute atomic E-state index is 0.0645. The second-order valence-corrected chi connectivity index (χ2v) is 5.70. The summed E-state index contributed by atoms with van der Waals surface area (Å²) in [5, 5.41) is 0. The Morgan fingerprint density at radius 2 is 2.14 bits per heavy atom. The maximum atomic E-state index is 13.1. The number of ether oxygens (including phenoxy) is 1. The molecule has 0 saturated carbocycles. The van der Waals surface area contributed by atoms with Crippen LogP contribution in [0.2, 0.25) is 0 Å². The van der Waals surface area contributed by atoms with Gasteiger partial charge in [0.15, 0.2) is 0 Å². The zero-order valence-electron chi connectivity index (χ0n) is 12.2. The summed E-state index contributed by atoms with van der Waals surface area (Å²) < 4.78 is 18.7. The van der Waals surface area contributed by atoms with Crippen molar-refractivity contribution in [2.24, 2.45) is 5.92 Å². The predicted molar refractivity (Wildman–Crippen MR) is 79.1 cm³/mol. The maximum absolute atomic E-state index is 13.1. The molecule has 1 saturated heterocycles. The van der Waals surface area contributed by atoms with Crippen molar-refractivity contribution in [3.8, 4) is 0 Å². The van der Waals surface area contributed by atoms with Gasteiger partial charge in [-0.15, -0.1) is 0 Å². The molecule has 0 aliphatic carbocycles. The molecule has 1 aromatic carbocycles. The second kappa shape index (κ2) is 5.98. The first-order chi connectivity index (χ1) is 10.2. The molecule has 1 aromatic rings. The average Bonchev–Trinajstić information content (AvgIpc) is 2.51. The van der Waals surface area contributed by atoms with E-state index in [4.69, 9.17) is 4.74 Å². The molecule has 112 valence electrons. The van der Waals surface area contributed by atoms with Gasteiger partial charge >= 0.3 is 5.97 Å². The third-order valence-corrected chi connectivity index (χ3v) is 4.35. The van der Waals surface area contributed by atoms with Crippen molar-refractivity contribution < 1.29 is 13.9 Å². The molecular formula is C17H20FNO2. The first-order valence-corrected chi connectivity index (χ1v) is 7.55. The third kappa shape index (κ3) is 3.00. The van der Waals surface area contributed by atoms with Crippen molar-refractivity contribution in [1.82, 2.24) is 4.90 Å². The molecule has 2 heterocycles. The van der Waals surface area contributed by atoms with Gasteiger partial charge in [-0.3, -0.25) is 9.69 Å². The van der Waals surface area contributed by atoms with Crippen LogP contribution >= 0.6 is 0 Å². The number of nitrogens with zero attached hydrogens (tertiary/aromatic N) is 1. The van der Waals surface area contributed by atoms with Gasteiger partial charge in [0.2, 0.25) is 0 Å². The molecule has 3 atom stereocenters. The molecule has 2 aliphatic heterocycles. The van der Waals surface area contributed by atoms with Gasteiger partial charge in [0.1, 0.15) is 11.9 Å². The van der Waals surface area contributed by atoms with Gasteiger partial charge in [-0.2, -0.15) is 0 Å². The van der Waals surface area contributed by atoms with Crippen LogP contribution in [-0.2, 0) is 9.53 Å². The number of carbonyl (C=O) groups excluding carboxylic acids is 1. The Morgan fingerprint density at radius 3 is 2.86 bits per heavy atom. The second-order valence-electron chi connectivity index (χ2n) is 5.70. The van der Waals surface area contributed by atoms with Crippen LogP contribution in [0.5, 0.6) is 0 Å². The zero-order chi connectivity index (χ0) is 14.8. The molecule has 21 heavy (non-hydrogen) atoms. The van der Waals surface area contributed by atoms with Crippen molar-refractivity contribution in [1.29, 1.82) is 0 Å². The molecule has 0 N–H and O–H groups in total. The number of halogens is 1. The lowest BCUT2D eigenvalue weighted by Crippen LogP contribution is -2.47. The summed E-state index contributed by atoms with van der Waals surface area (Å²) in [4.78, 5) is 14.0. The highest BCUT2D eigenvalue weighted by Gasteiger charge is 2.36. The van der Waals surface area contributed by atoms with Gasteiger partial charge in [-0.25, -0.2) is 4.39 Å². The van der Waals surface area contributed by atoms with Crippen molar-refractivity contribution in [2.75, 3.05) is 19.6 Å². The first-order valence-electron chi connectivity index (χ1n) is 7.55. The fourth-order valence-electron chi connectivity index (χ4n) is 3.21. The minimum atomic E-state index is -0.227. The van der Waals surface area contributed by atoms with E-state index in [1.54, 1.807) is 0 Å². The van der Waals surface area contributed by atoms with E-state index in [9.17, 15) is 9.18 Å². The minimum Gasteiger partial charge on any atom is -0.462 e. The van der Waals surface area contributed by atoms with Crippen molar-refractivity contribution in [3.63, 3.8) is 0 Å². The Bertz CT molecular complexity index is 552. The van der Waals surface area contributed by atoms with Gasteiger partial charge in [0.05, 0.1) is 0 Å². The van der Waals surface area contributed by atoms with Crippen LogP contribution in [0.1, 0.15) is 25.3 Å². The van der Waals surface area contributed by atoms with E-state index < -0.39 is 0 Å². The normalized spacial score (nSPS) is 27.9. The number of fused-ring (bicyclic) bond motifs is 2. The summed E-state index contributed by atoms with van der Waals surface area (Å²) in [6.07, 6.45) is 3.40. The quantitative estimate of drug-likeness (QED) is 0.801. The van der Waals surface area contributed by atoms with Gasteiger partial charge in [0.25, 0.3) is 0 Å². The number of carbonyl (C=O) groups is 1. The molecule has 1 unspecified atom stereocenters. The number of esters is 1. The predicted octanol–water partition coefficient (Wildman–Crippen LogP) is 2.87. The smallest absolute Gasteiger partial charge is 0.305 e. The molecule has 0 aromatic heterocycles. The number of benzene rings is 1. The van der Waals surface area contributed by atoms with Crippen molar-refractivity contribution >= 4 is 11.5 Å². The molecule has 1 fully saturated rings. The van der Waals surface area contributed by atoms with Crippen LogP contribution in [-0.4, -0.2) is 36.6 Å². The summed E-state index contributed by atoms with van der Waals surface area (Å²) in [6, 6.07) is 6.59. The number of rotatable bonds is 3. The lowest BCUT2D eigenvalue weighted by molar-refractivity contribution is -0.152.